The Bertz CT molecular complexity index is 849. The van der Waals surface area contributed by atoms with Crippen molar-refractivity contribution >= 4 is 35.0 Å². The summed E-state index contributed by atoms with van der Waals surface area (Å²) in [5.41, 5.74) is 1.68. The Balaban J connectivity index is 1.20. The molecule has 1 aromatic rings. The van der Waals surface area contributed by atoms with Crippen molar-refractivity contribution < 1.29 is 14.4 Å². The van der Waals surface area contributed by atoms with Gasteiger partial charge in [0.2, 0.25) is 17.7 Å². The van der Waals surface area contributed by atoms with Gasteiger partial charge in [-0.3, -0.25) is 19.3 Å². The molecule has 4 fully saturated rings. The van der Waals surface area contributed by atoms with Crippen LogP contribution in [0.4, 0.5) is 5.69 Å². The highest BCUT2D eigenvalue weighted by atomic mass is 35.5. The van der Waals surface area contributed by atoms with Crippen molar-refractivity contribution in [1.29, 1.82) is 0 Å². The molecule has 2 bridgehead atoms. The van der Waals surface area contributed by atoms with Gasteiger partial charge in [-0.2, -0.15) is 0 Å². The molecule has 3 saturated carbocycles. The van der Waals surface area contributed by atoms with Crippen molar-refractivity contribution in [1.82, 2.24) is 4.90 Å². The molecule has 1 heterocycles. The fraction of sp³-hybridized carbons (Fsp3) is 0.609. The summed E-state index contributed by atoms with van der Waals surface area (Å²) in [6, 6.07) is 5.50. The molecule has 29 heavy (non-hydrogen) atoms. The number of benzene rings is 1. The van der Waals surface area contributed by atoms with Crippen LogP contribution >= 0.6 is 11.6 Å². The van der Waals surface area contributed by atoms with Gasteiger partial charge in [0.05, 0.1) is 11.8 Å². The van der Waals surface area contributed by atoms with Crippen molar-refractivity contribution in [3.8, 4) is 0 Å². The average Bonchev–Trinajstić information content (AvgIpc) is 3.39. The summed E-state index contributed by atoms with van der Waals surface area (Å²) in [6.45, 7) is 1.93. The molecule has 1 aromatic carbocycles. The van der Waals surface area contributed by atoms with Crippen LogP contribution < -0.4 is 5.32 Å². The zero-order valence-electron chi connectivity index (χ0n) is 16.7. The second kappa shape index (κ2) is 7.12. The van der Waals surface area contributed by atoms with Gasteiger partial charge in [0.1, 0.15) is 0 Å². The fourth-order valence-corrected chi connectivity index (χ4v) is 6.48. The lowest BCUT2D eigenvalue weighted by atomic mass is 9.81. The number of imide groups is 1. The van der Waals surface area contributed by atoms with Gasteiger partial charge in [0.15, 0.2) is 0 Å². The third-order valence-corrected chi connectivity index (χ3v) is 8.24. The number of fused-ring (bicyclic) bond motifs is 5. The van der Waals surface area contributed by atoms with Gasteiger partial charge in [-0.05, 0) is 81.4 Å². The quantitative estimate of drug-likeness (QED) is 0.754. The summed E-state index contributed by atoms with van der Waals surface area (Å²) < 4.78 is 0. The molecule has 5 rings (SSSR count). The second-order valence-corrected chi connectivity index (χ2v) is 9.80. The van der Waals surface area contributed by atoms with E-state index in [0.29, 0.717) is 35.4 Å². The van der Waals surface area contributed by atoms with Crippen LogP contribution in [0.15, 0.2) is 18.2 Å². The van der Waals surface area contributed by atoms with E-state index in [2.05, 4.69) is 5.32 Å². The normalized spacial score (nSPS) is 35.9. The predicted octanol–water partition coefficient (Wildman–Crippen LogP) is 4.18. The number of anilines is 1. The molecule has 1 saturated heterocycles. The third-order valence-electron chi connectivity index (χ3n) is 7.83. The minimum absolute atomic E-state index is 0.00245. The highest BCUT2D eigenvalue weighted by molar-refractivity contribution is 6.31. The maximum atomic E-state index is 13.0. The first-order valence-electron chi connectivity index (χ1n) is 10.9. The maximum Gasteiger partial charge on any atom is 0.233 e. The van der Waals surface area contributed by atoms with Gasteiger partial charge in [0.25, 0.3) is 0 Å². The van der Waals surface area contributed by atoms with Gasteiger partial charge in [-0.25, -0.2) is 0 Å². The highest BCUT2D eigenvalue weighted by Crippen LogP contribution is 2.56. The Labute approximate surface area is 176 Å². The molecule has 0 spiro atoms. The lowest BCUT2D eigenvalue weighted by Gasteiger charge is -2.33. The molecular weight excluding hydrogens is 388 g/mol. The molecule has 1 aliphatic heterocycles. The molecule has 0 aromatic heterocycles. The van der Waals surface area contributed by atoms with Gasteiger partial charge in [-0.15, -0.1) is 0 Å². The minimum atomic E-state index is -0.0881. The molecule has 0 radical (unpaired) electrons. The maximum absolute atomic E-state index is 13.0. The van der Waals surface area contributed by atoms with E-state index >= 15 is 0 Å². The zero-order chi connectivity index (χ0) is 20.3. The van der Waals surface area contributed by atoms with Crippen LogP contribution in [0.3, 0.4) is 0 Å². The van der Waals surface area contributed by atoms with E-state index in [-0.39, 0.29) is 41.5 Å². The topological polar surface area (TPSA) is 66.5 Å². The second-order valence-electron chi connectivity index (χ2n) is 9.39. The molecule has 154 valence electrons. The third kappa shape index (κ3) is 3.09. The number of amides is 3. The molecule has 4 atom stereocenters. The van der Waals surface area contributed by atoms with Crippen LogP contribution in [0, 0.1) is 36.5 Å². The number of carbonyl (C=O) groups is 3. The number of halogens is 1. The number of hydrogen-bond donors (Lipinski definition) is 1. The SMILES string of the molecule is Cc1ccc(NC(=O)C2CCC(N3C(=O)[C@@H]4[C@H]5CC[C@@H](C5)[C@@H]4C3=O)CC2)cc1Cl. The molecule has 1 N–H and O–H groups in total. The van der Waals surface area contributed by atoms with Gasteiger partial charge in [0, 0.05) is 22.7 Å². The number of nitrogens with zero attached hydrogens (tertiary/aromatic N) is 1. The van der Waals surface area contributed by atoms with Crippen molar-refractivity contribution in [3.63, 3.8) is 0 Å². The molecular formula is C23H27ClN2O3. The van der Waals surface area contributed by atoms with Gasteiger partial charge >= 0.3 is 0 Å². The van der Waals surface area contributed by atoms with E-state index < -0.39 is 0 Å². The van der Waals surface area contributed by atoms with Crippen LogP contribution in [0.1, 0.15) is 50.5 Å². The molecule has 3 aliphatic carbocycles. The van der Waals surface area contributed by atoms with E-state index in [1.165, 1.54) is 0 Å². The Morgan fingerprint density at radius 1 is 1.00 bits per heavy atom. The standard InChI is InChI=1S/C23H27ClN2O3/c1-12-2-7-16(11-18(12)24)25-21(27)13-5-8-17(9-6-13)26-22(28)19-14-3-4-15(10-14)20(19)23(26)29/h2,7,11,13-15,17,19-20H,3-6,8-10H2,1H3,(H,25,27)/t13?,14-,15-,17?,19-,20+/m0/s1. The van der Waals surface area contributed by atoms with Gasteiger partial charge in [-0.1, -0.05) is 17.7 Å². The van der Waals surface area contributed by atoms with Crippen molar-refractivity contribution in [2.45, 2.75) is 57.9 Å². The molecule has 4 aliphatic rings. The number of nitrogens with one attached hydrogen (secondary N) is 1. The monoisotopic (exact) mass is 414 g/mol. The highest BCUT2D eigenvalue weighted by Gasteiger charge is 2.61. The van der Waals surface area contributed by atoms with Crippen LogP contribution in [-0.2, 0) is 14.4 Å². The van der Waals surface area contributed by atoms with Crippen LogP contribution in [-0.4, -0.2) is 28.7 Å². The van der Waals surface area contributed by atoms with Crippen molar-refractivity contribution in [2.24, 2.45) is 29.6 Å². The molecule has 5 nitrogen and oxygen atoms in total. The van der Waals surface area contributed by atoms with E-state index in [0.717, 1.165) is 37.7 Å². The number of rotatable bonds is 3. The van der Waals surface area contributed by atoms with E-state index in [4.69, 9.17) is 11.6 Å². The Morgan fingerprint density at radius 3 is 2.21 bits per heavy atom. The number of carbonyl (C=O) groups excluding carboxylic acids is 3. The lowest BCUT2D eigenvalue weighted by Crippen LogP contribution is -2.44. The first-order valence-corrected chi connectivity index (χ1v) is 11.3. The van der Waals surface area contributed by atoms with Gasteiger partial charge < -0.3 is 5.32 Å². The number of aryl methyl sites for hydroxylation is 1. The average molecular weight is 415 g/mol. The Morgan fingerprint density at radius 2 is 1.62 bits per heavy atom. The summed E-state index contributed by atoms with van der Waals surface area (Å²) in [6.07, 6.45) is 6.13. The first kappa shape index (κ1) is 19.1. The van der Waals surface area contributed by atoms with E-state index in [1.54, 1.807) is 11.0 Å². The molecule has 3 amide bonds. The van der Waals surface area contributed by atoms with Crippen LogP contribution in [0.2, 0.25) is 5.02 Å². The summed E-state index contributed by atoms with van der Waals surface area (Å²) in [5, 5.41) is 3.60. The minimum Gasteiger partial charge on any atom is -0.326 e. The number of hydrogen-bond acceptors (Lipinski definition) is 3. The van der Waals surface area contributed by atoms with E-state index in [1.807, 2.05) is 19.1 Å². The first-order chi connectivity index (χ1) is 13.9. The Kier molecular flexibility index (Phi) is 4.69. The fourth-order valence-electron chi connectivity index (χ4n) is 6.30. The molecule has 0 unspecified atom stereocenters. The predicted molar refractivity (Wildman–Crippen MR) is 110 cm³/mol. The lowest BCUT2D eigenvalue weighted by molar-refractivity contribution is -0.144. The van der Waals surface area contributed by atoms with E-state index in [9.17, 15) is 14.4 Å². The van der Waals surface area contributed by atoms with Crippen molar-refractivity contribution in [3.05, 3.63) is 28.8 Å². The summed E-state index contributed by atoms with van der Waals surface area (Å²) in [4.78, 5) is 40.3. The Hall–Kier alpha value is -1.88. The number of likely N-dealkylation sites (tertiary alicyclic amines) is 1. The zero-order valence-corrected chi connectivity index (χ0v) is 17.5. The van der Waals surface area contributed by atoms with Crippen molar-refractivity contribution in [2.75, 3.05) is 5.32 Å². The smallest absolute Gasteiger partial charge is 0.233 e. The van der Waals surface area contributed by atoms with Crippen LogP contribution in [0.5, 0.6) is 0 Å². The molecule has 6 heteroatoms. The van der Waals surface area contributed by atoms with Crippen LogP contribution in [0.25, 0.3) is 0 Å². The summed E-state index contributed by atoms with van der Waals surface area (Å²) >= 11 is 6.15. The summed E-state index contributed by atoms with van der Waals surface area (Å²) in [7, 11) is 0. The largest absolute Gasteiger partial charge is 0.326 e. The summed E-state index contributed by atoms with van der Waals surface area (Å²) in [5.74, 6) is 0.822.